The topological polar surface area (TPSA) is 12.9 Å². The second-order valence-electron chi connectivity index (χ2n) is 4.19. The molecule has 1 fully saturated rings. The van der Waals surface area contributed by atoms with Gasteiger partial charge in [0.15, 0.2) is 0 Å². The molecule has 1 aromatic heterocycles. The third-order valence-electron chi connectivity index (χ3n) is 2.66. The van der Waals surface area contributed by atoms with Gasteiger partial charge in [0.1, 0.15) is 0 Å². The molecule has 0 aromatic carbocycles. The lowest BCUT2D eigenvalue weighted by molar-refractivity contribution is 0.111. The Balaban J connectivity index is 2.16. The zero-order valence-corrected chi connectivity index (χ0v) is 8.30. The van der Waals surface area contributed by atoms with Crippen molar-refractivity contribution < 1.29 is 8.78 Å². The first kappa shape index (κ1) is 9.56. The van der Waals surface area contributed by atoms with Gasteiger partial charge in [0.2, 0.25) is 0 Å². The number of nitrogens with zero attached hydrogens (tertiary/aromatic N) is 1. The third kappa shape index (κ3) is 1.63. The molecule has 1 atom stereocenters. The van der Waals surface area contributed by atoms with E-state index < -0.39 is 11.8 Å². The van der Waals surface area contributed by atoms with E-state index in [-0.39, 0.29) is 6.42 Å². The third-order valence-corrected chi connectivity index (χ3v) is 2.66. The van der Waals surface area contributed by atoms with Crippen LogP contribution >= 0.6 is 0 Å². The fourth-order valence-electron chi connectivity index (χ4n) is 1.50. The standard InChI is InChI=1S/C11H13F2N/c1-7(2)8-3-4-10(14-6-8)9-5-11(9,12)13/h3-4,6-7,9H,5H2,1-2H3. The maximum absolute atomic E-state index is 12.7. The summed E-state index contributed by atoms with van der Waals surface area (Å²) < 4.78 is 25.4. The molecule has 0 spiro atoms. The Morgan fingerprint density at radius 1 is 1.43 bits per heavy atom. The Kier molecular flexibility index (Phi) is 2.05. The fraction of sp³-hybridized carbons (Fsp3) is 0.545. The number of halogens is 2. The van der Waals surface area contributed by atoms with Gasteiger partial charge in [-0.1, -0.05) is 19.9 Å². The summed E-state index contributed by atoms with van der Waals surface area (Å²) in [6.45, 7) is 4.12. The molecule has 1 heterocycles. The molecule has 3 heteroatoms. The van der Waals surface area contributed by atoms with E-state index in [1.54, 1.807) is 12.3 Å². The maximum atomic E-state index is 12.7. The quantitative estimate of drug-likeness (QED) is 0.708. The highest BCUT2D eigenvalue weighted by Gasteiger charge is 2.58. The first-order valence-corrected chi connectivity index (χ1v) is 4.84. The van der Waals surface area contributed by atoms with Gasteiger partial charge in [0.25, 0.3) is 5.92 Å². The molecule has 2 rings (SSSR count). The SMILES string of the molecule is CC(C)c1ccc(C2CC2(F)F)nc1. The molecule has 0 radical (unpaired) electrons. The van der Waals surface area contributed by atoms with E-state index in [2.05, 4.69) is 18.8 Å². The number of aromatic nitrogens is 1. The van der Waals surface area contributed by atoms with Crippen molar-refractivity contribution in [2.75, 3.05) is 0 Å². The Hall–Kier alpha value is -0.990. The highest BCUT2D eigenvalue weighted by molar-refractivity contribution is 5.25. The van der Waals surface area contributed by atoms with Gasteiger partial charge in [-0.3, -0.25) is 4.98 Å². The van der Waals surface area contributed by atoms with E-state index >= 15 is 0 Å². The molecule has 76 valence electrons. The van der Waals surface area contributed by atoms with Gasteiger partial charge in [-0.2, -0.15) is 0 Å². The molecule has 1 saturated carbocycles. The Bertz CT molecular complexity index is 330. The second-order valence-corrected chi connectivity index (χ2v) is 4.19. The molecule has 0 bridgehead atoms. The lowest BCUT2D eigenvalue weighted by atomic mass is 10.1. The summed E-state index contributed by atoms with van der Waals surface area (Å²) in [6, 6.07) is 3.61. The van der Waals surface area contributed by atoms with E-state index in [1.807, 2.05) is 6.07 Å². The first-order chi connectivity index (χ1) is 6.50. The molecular formula is C11H13F2N. The van der Waals surface area contributed by atoms with E-state index in [4.69, 9.17) is 0 Å². The number of hydrogen-bond acceptors (Lipinski definition) is 1. The van der Waals surface area contributed by atoms with Crippen molar-refractivity contribution in [3.05, 3.63) is 29.6 Å². The minimum Gasteiger partial charge on any atom is -0.260 e. The molecule has 14 heavy (non-hydrogen) atoms. The molecule has 1 aliphatic rings. The van der Waals surface area contributed by atoms with Crippen LogP contribution in [0.5, 0.6) is 0 Å². The van der Waals surface area contributed by atoms with Crippen LogP contribution in [-0.2, 0) is 0 Å². The minimum atomic E-state index is -2.51. The second kappa shape index (κ2) is 3.01. The molecular weight excluding hydrogens is 184 g/mol. The van der Waals surface area contributed by atoms with Crippen LogP contribution in [0.4, 0.5) is 8.78 Å². The minimum absolute atomic E-state index is 0.0406. The average Bonchev–Trinajstić information content (AvgIpc) is 2.75. The van der Waals surface area contributed by atoms with Crippen LogP contribution < -0.4 is 0 Å². The predicted molar refractivity (Wildman–Crippen MR) is 50.6 cm³/mol. The van der Waals surface area contributed by atoms with Gasteiger partial charge >= 0.3 is 0 Å². The molecule has 1 aliphatic carbocycles. The van der Waals surface area contributed by atoms with Crippen molar-refractivity contribution in [3.63, 3.8) is 0 Å². The van der Waals surface area contributed by atoms with Crippen molar-refractivity contribution >= 4 is 0 Å². The zero-order valence-electron chi connectivity index (χ0n) is 8.30. The van der Waals surface area contributed by atoms with Crippen LogP contribution in [0.1, 0.15) is 43.4 Å². The monoisotopic (exact) mass is 197 g/mol. The summed E-state index contributed by atoms with van der Waals surface area (Å²) in [5.74, 6) is -2.74. The Morgan fingerprint density at radius 3 is 2.43 bits per heavy atom. The number of pyridine rings is 1. The first-order valence-electron chi connectivity index (χ1n) is 4.84. The number of rotatable bonds is 2. The van der Waals surface area contributed by atoms with Crippen molar-refractivity contribution in [2.45, 2.75) is 38.0 Å². The van der Waals surface area contributed by atoms with Crippen molar-refractivity contribution in [3.8, 4) is 0 Å². The lowest BCUT2D eigenvalue weighted by Crippen LogP contribution is -1.97. The molecule has 1 unspecified atom stereocenters. The number of hydrogen-bond donors (Lipinski definition) is 0. The van der Waals surface area contributed by atoms with Crippen LogP contribution in [0.2, 0.25) is 0 Å². The maximum Gasteiger partial charge on any atom is 0.257 e. The van der Waals surface area contributed by atoms with E-state index in [0.717, 1.165) is 5.56 Å². The van der Waals surface area contributed by atoms with Gasteiger partial charge in [0.05, 0.1) is 5.92 Å². The molecule has 0 saturated heterocycles. The molecule has 0 amide bonds. The summed E-state index contributed by atoms with van der Waals surface area (Å²) in [6.07, 6.45) is 1.66. The van der Waals surface area contributed by atoms with Crippen LogP contribution in [0.3, 0.4) is 0 Å². The van der Waals surface area contributed by atoms with Gasteiger partial charge in [-0.15, -0.1) is 0 Å². The largest absolute Gasteiger partial charge is 0.260 e. The Morgan fingerprint density at radius 2 is 2.07 bits per heavy atom. The molecule has 1 aromatic rings. The zero-order chi connectivity index (χ0) is 10.3. The average molecular weight is 197 g/mol. The highest BCUT2D eigenvalue weighted by Crippen LogP contribution is 2.55. The number of alkyl halides is 2. The summed E-state index contributed by atoms with van der Waals surface area (Å²) in [7, 11) is 0. The van der Waals surface area contributed by atoms with E-state index in [1.165, 1.54) is 0 Å². The fourth-order valence-corrected chi connectivity index (χ4v) is 1.50. The van der Waals surface area contributed by atoms with Crippen LogP contribution in [0.15, 0.2) is 18.3 Å². The summed E-state index contributed by atoms with van der Waals surface area (Å²) in [5, 5.41) is 0. The van der Waals surface area contributed by atoms with Gasteiger partial charge in [0, 0.05) is 18.3 Å². The smallest absolute Gasteiger partial charge is 0.257 e. The molecule has 0 aliphatic heterocycles. The Labute approximate surface area is 82.2 Å². The summed E-state index contributed by atoms with van der Waals surface area (Å²) >= 11 is 0. The van der Waals surface area contributed by atoms with Crippen LogP contribution in [0, 0.1) is 0 Å². The van der Waals surface area contributed by atoms with Crippen molar-refractivity contribution in [2.24, 2.45) is 0 Å². The normalized spacial score (nSPS) is 23.9. The summed E-state index contributed by atoms with van der Waals surface area (Å²) in [5.41, 5.74) is 1.62. The van der Waals surface area contributed by atoms with E-state index in [9.17, 15) is 8.78 Å². The van der Waals surface area contributed by atoms with E-state index in [0.29, 0.717) is 11.6 Å². The van der Waals surface area contributed by atoms with Gasteiger partial charge in [-0.05, 0) is 17.5 Å². The molecule has 0 N–H and O–H groups in total. The summed E-state index contributed by atoms with van der Waals surface area (Å²) in [4.78, 5) is 4.08. The van der Waals surface area contributed by atoms with Crippen LogP contribution in [0.25, 0.3) is 0 Å². The van der Waals surface area contributed by atoms with Gasteiger partial charge < -0.3 is 0 Å². The van der Waals surface area contributed by atoms with Crippen LogP contribution in [-0.4, -0.2) is 10.9 Å². The van der Waals surface area contributed by atoms with Crippen molar-refractivity contribution in [1.29, 1.82) is 0 Å². The highest BCUT2D eigenvalue weighted by atomic mass is 19.3. The predicted octanol–water partition coefficient (Wildman–Crippen LogP) is 3.33. The van der Waals surface area contributed by atoms with Gasteiger partial charge in [-0.25, -0.2) is 8.78 Å². The molecule has 1 nitrogen and oxygen atoms in total. The van der Waals surface area contributed by atoms with Crippen molar-refractivity contribution in [1.82, 2.24) is 4.98 Å². The lowest BCUT2D eigenvalue weighted by Gasteiger charge is -2.05.